The monoisotopic (exact) mass is 463 g/mol. The lowest BCUT2D eigenvalue weighted by Gasteiger charge is -2.20. The smallest absolute Gasteiger partial charge is 0.255 e. The molecule has 33 heavy (non-hydrogen) atoms. The SMILES string of the molecule is CCN(CC)S(=O)(=O)c1cc(C(=O)Nc2cccc(C#Cc3ccccn3)c2)ccc1OC. The molecule has 0 unspecified atom stereocenters. The first-order valence-corrected chi connectivity index (χ1v) is 11.9. The molecule has 0 saturated carbocycles. The number of benzene rings is 2. The molecule has 3 rings (SSSR count). The molecule has 0 spiro atoms. The highest BCUT2D eigenvalue weighted by molar-refractivity contribution is 7.89. The fourth-order valence-corrected chi connectivity index (χ4v) is 4.81. The summed E-state index contributed by atoms with van der Waals surface area (Å²) in [6.07, 6.45) is 1.67. The summed E-state index contributed by atoms with van der Waals surface area (Å²) < 4.78 is 32.6. The minimum absolute atomic E-state index is 0.0451. The number of rotatable bonds is 7. The Bertz CT molecular complexity index is 1290. The van der Waals surface area contributed by atoms with Gasteiger partial charge in [0.1, 0.15) is 16.3 Å². The standard InChI is InChI=1S/C25H25N3O4S/c1-4-28(5-2)33(30,31)24-18-20(13-15-23(24)32-3)25(29)27-22-11-8-9-19(17-22)12-14-21-10-6-7-16-26-21/h6-11,13,15-18H,4-5H2,1-3H3,(H,27,29). The van der Waals surface area contributed by atoms with Crippen LogP contribution >= 0.6 is 0 Å². The number of sulfonamides is 1. The van der Waals surface area contributed by atoms with Gasteiger partial charge in [-0.25, -0.2) is 13.4 Å². The molecule has 0 aliphatic carbocycles. The van der Waals surface area contributed by atoms with Crippen molar-refractivity contribution >= 4 is 21.6 Å². The van der Waals surface area contributed by atoms with E-state index in [9.17, 15) is 13.2 Å². The van der Waals surface area contributed by atoms with Gasteiger partial charge in [0.2, 0.25) is 10.0 Å². The van der Waals surface area contributed by atoms with Crippen LogP contribution in [0.25, 0.3) is 0 Å². The molecule has 2 aromatic carbocycles. The van der Waals surface area contributed by atoms with Crippen molar-refractivity contribution in [1.29, 1.82) is 0 Å². The van der Waals surface area contributed by atoms with Gasteiger partial charge < -0.3 is 10.1 Å². The predicted molar refractivity (Wildman–Crippen MR) is 128 cm³/mol. The number of anilines is 1. The molecule has 1 heterocycles. The highest BCUT2D eigenvalue weighted by atomic mass is 32.2. The van der Waals surface area contributed by atoms with Gasteiger partial charge in [-0.2, -0.15) is 4.31 Å². The summed E-state index contributed by atoms with van der Waals surface area (Å²) in [6.45, 7) is 4.14. The molecule has 1 N–H and O–H groups in total. The molecule has 1 amide bonds. The number of pyridine rings is 1. The normalized spacial score (nSPS) is 10.9. The fraction of sp³-hybridized carbons (Fsp3) is 0.200. The summed E-state index contributed by atoms with van der Waals surface area (Å²) in [5.41, 5.74) is 2.09. The Labute approximate surface area is 194 Å². The number of methoxy groups -OCH3 is 1. The van der Waals surface area contributed by atoms with Gasteiger partial charge in [0.05, 0.1) is 7.11 Å². The van der Waals surface area contributed by atoms with Crippen LogP contribution in [0.5, 0.6) is 5.75 Å². The van der Waals surface area contributed by atoms with E-state index in [1.807, 2.05) is 24.3 Å². The van der Waals surface area contributed by atoms with E-state index in [-0.39, 0.29) is 16.2 Å². The van der Waals surface area contributed by atoms with Crippen LogP contribution in [0.3, 0.4) is 0 Å². The van der Waals surface area contributed by atoms with E-state index in [0.717, 1.165) is 0 Å². The first kappa shape index (κ1) is 24.0. The highest BCUT2D eigenvalue weighted by Gasteiger charge is 2.26. The Kier molecular flexibility index (Phi) is 7.83. The second kappa shape index (κ2) is 10.8. The van der Waals surface area contributed by atoms with Crippen LogP contribution in [-0.2, 0) is 10.0 Å². The Morgan fingerprint density at radius 3 is 2.48 bits per heavy atom. The molecule has 1 aromatic heterocycles. The molecule has 3 aromatic rings. The molecule has 0 fully saturated rings. The summed E-state index contributed by atoms with van der Waals surface area (Å²) in [5, 5.41) is 2.80. The molecule has 7 nitrogen and oxygen atoms in total. The highest BCUT2D eigenvalue weighted by Crippen LogP contribution is 2.28. The van der Waals surface area contributed by atoms with E-state index in [1.54, 1.807) is 38.2 Å². The van der Waals surface area contributed by atoms with Crippen LogP contribution in [-0.4, -0.2) is 43.8 Å². The maximum atomic E-state index is 13.0. The van der Waals surface area contributed by atoms with Crippen LogP contribution in [0.4, 0.5) is 5.69 Å². The third-order valence-corrected chi connectivity index (χ3v) is 6.94. The van der Waals surface area contributed by atoms with E-state index in [2.05, 4.69) is 22.1 Å². The number of carbonyl (C=O) groups is 1. The van der Waals surface area contributed by atoms with E-state index in [1.165, 1.54) is 29.6 Å². The third kappa shape index (κ3) is 5.77. The third-order valence-electron chi connectivity index (χ3n) is 4.87. The lowest BCUT2D eigenvalue weighted by atomic mass is 10.1. The molecule has 0 bridgehead atoms. The number of ether oxygens (including phenoxy) is 1. The van der Waals surface area contributed by atoms with Crippen molar-refractivity contribution in [3.05, 3.63) is 83.7 Å². The maximum Gasteiger partial charge on any atom is 0.255 e. The summed E-state index contributed by atoms with van der Waals surface area (Å²) in [4.78, 5) is 17.0. The lowest BCUT2D eigenvalue weighted by Crippen LogP contribution is -2.31. The van der Waals surface area contributed by atoms with E-state index >= 15 is 0 Å². The van der Waals surface area contributed by atoms with E-state index in [0.29, 0.717) is 30.0 Å². The molecule has 0 radical (unpaired) electrons. The summed E-state index contributed by atoms with van der Waals surface area (Å²) in [5.74, 6) is 5.74. The Morgan fingerprint density at radius 2 is 1.82 bits per heavy atom. The Balaban J connectivity index is 1.86. The average Bonchev–Trinajstić information content (AvgIpc) is 2.83. The van der Waals surface area contributed by atoms with Crippen molar-refractivity contribution in [1.82, 2.24) is 9.29 Å². The van der Waals surface area contributed by atoms with Gasteiger partial charge in [0, 0.05) is 36.1 Å². The van der Waals surface area contributed by atoms with Crippen LogP contribution in [0.2, 0.25) is 0 Å². The zero-order valence-electron chi connectivity index (χ0n) is 18.7. The largest absolute Gasteiger partial charge is 0.495 e. The number of nitrogens with zero attached hydrogens (tertiary/aromatic N) is 2. The number of hydrogen-bond acceptors (Lipinski definition) is 5. The first-order chi connectivity index (χ1) is 15.9. The van der Waals surface area contributed by atoms with Gasteiger partial charge in [-0.3, -0.25) is 4.79 Å². The van der Waals surface area contributed by atoms with Crippen LogP contribution < -0.4 is 10.1 Å². The van der Waals surface area contributed by atoms with Crippen LogP contribution in [0.1, 0.15) is 35.5 Å². The zero-order valence-corrected chi connectivity index (χ0v) is 19.5. The molecule has 0 aliphatic heterocycles. The Morgan fingerprint density at radius 1 is 1.03 bits per heavy atom. The average molecular weight is 464 g/mol. The van der Waals surface area contributed by atoms with Crippen molar-refractivity contribution < 1.29 is 17.9 Å². The van der Waals surface area contributed by atoms with Crippen LogP contribution in [0.15, 0.2) is 71.8 Å². The summed E-state index contributed by atoms with van der Waals surface area (Å²) in [7, 11) is -2.41. The van der Waals surface area contributed by atoms with Gasteiger partial charge in [-0.15, -0.1) is 0 Å². The van der Waals surface area contributed by atoms with Crippen molar-refractivity contribution in [2.75, 3.05) is 25.5 Å². The number of hydrogen-bond donors (Lipinski definition) is 1. The number of carbonyl (C=O) groups excluding carboxylic acids is 1. The van der Waals surface area contributed by atoms with E-state index in [4.69, 9.17) is 4.74 Å². The van der Waals surface area contributed by atoms with E-state index < -0.39 is 15.9 Å². The zero-order chi connectivity index (χ0) is 23.8. The van der Waals surface area contributed by atoms with Crippen LogP contribution in [0, 0.1) is 11.8 Å². The summed E-state index contributed by atoms with van der Waals surface area (Å²) >= 11 is 0. The molecular formula is C25H25N3O4S. The molecule has 8 heteroatoms. The van der Waals surface area contributed by atoms with Gasteiger partial charge in [0.15, 0.2) is 0 Å². The minimum atomic E-state index is -3.81. The van der Waals surface area contributed by atoms with Crippen molar-refractivity contribution in [3.8, 4) is 17.6 Å². The predicted octanol–water partition coefficient (Wildman–Crippen LogP) is 3.77. The second-order valence-electron chi connectivity index (χ2n) is 6.95. The fourth-order valence-electron chi connectivity index (χ4n) is 3.17. The quantitative estimate of drug-likeness (QED) is 0.539. The molecule has 0 saturated heterocycles. The number of amides is 1. The van der Waals surface area contributed by atoms with Gasteiger partial charge in [-0.05, 0) is 54.5 Å². The number of aromatic nitrogens is 1. The van der Waals surface area contributed by atoms with Crippen molar-refractivity contribution in [2.24, 2.45) is 0 Å². The Hall–Kier alpha value is -3.67. The van der Waals surface area contributed by atoms with Crippen molar-refractivity contribution in [3.63, 3.8) is 0 Å². The summed E-state index contributed by atoms with van der Waals surface area (Å²) in [6, 6.07) is 16.9. The molecule has 170 valence electrons. The molecule has 0 aliphatic rings. The first-order valence-electron chi connectivity index (χ1n) is 10.4. The van der Waals surface area contributed by atoms with Crippen molar-refractivity contribution in [2.45, 2.75) is 18.7 Å². The van der Waals surface area contributed by atoms with Gasteiger partial charge >= 0.3 is 0 Å². The second-order valence-corrected chi connectivity index (χ2v) is 8.86. The number of nitrogens with one attached hydrogen (secondary N) is 1. The van der Waals surface area contributed by atoms with Gasteiger partial charge in [0.25, 0.3) is 5.91 Å². The lowest BCUT2D eigenvalue weighted by molar-refractivity contribution is 0.102. The molecule has 0 atom stereocenters. The maximum absolute atomic E-state index is 13.0. The van der Waals surface area contributed by atoms with Gasteiger partial charge in [-0.1, -0.05) is 31.9 Å². The topological polar surface area (TPSA) is 88.6 Å². The molecular weight excluding hydrogens is 438 g/mol. The minimum Gasteiger partial charge on any atom is -0.495 e.